The summed E-state index contributed by atoms with van der Waals surface area (Å²) in [6.07, 6.45) is 0.731. The Hall–Kier alpha value is -0.400. The van der Waals surface area contributed by atoms with Crippen molar-refractivity contribution in [3.8, 4) is 0 Å². The SMILES string of the molecule is Cc1nn(C)c(CC(NN)c2sccc2Cl)c1Br. The molecule has 1 unspecified atom stereocenters. The van der Waals surface area contributed by atoms with E-state index in [-0.39, 0.29) is 6.04 Å². The summed E-state index contributed by atoms with van der Waals surface area (Å²) >= 11 is 11.3. The lowest BCUT2D eigenvalue weighted by Gasteiger charge is -2.15. The van der Waals surface area contributed by atoms with Gasteiger partial charge < -0.3 is 0 Å². The van der Waals surface area contributed by atoms with Crippen molar-refractivity contribution in [2.24, 2.45) is 12.9 Å². The zero-order valence-electron chi connectivity index (χ0n) is 10.1. The van der Waals surface area contributed by atoms with Crippen LogP contribution >= 0.6 is 38.9 Å². The van der Waals surface area contributed by atoms with E-state index in [2.05, 4.69) is 26.5 Å². The Labute approximate surface area is 123 Å². The van der Waals surface area contributed by atoms with Crippen LogP contribution in [0, 0.1) is 6.92 Å². The van der Waals surface area contributed by atoms with Crippen molar-refractivity contribution < 1.29 is 0 Å². The molecule has 4 nitrogen and oxygen atoms in total. The second kappa shape index (κ2) is 5.71. The minimum Gasteiger partial charge on any atom is -0.271 e. The molecular weight excluding hydrogens is 336 g/mol. The normalized spacial score (nSPS) is 12.9. The molecule has 0 aromatic carbocycles. The molecule has 98 valence electrons. The number of aryl methyl sites for hydroxylation is 2. The number of rotatable bonds is 4. The van der Waals surface area contributed by atoms with E-state index in [0.29, 0.717) is 0 Å². The molecule has 0 bridgehead atoms. The molecule has 1 atom stereocenters. The monoisotopic (exact) mass is 348 g/mol. The average Bonchev–Trinajstić information content (AvgIpc) is 2.84. The van der Waals surface area contributed by atoms with Gasteiger partial charge >= 0.3 is 0 Å². The fourth-order valence-electron chi connectivity index (χ4n) is 1.88. The molecule has 3 N–H and O–H groups in total. The maximum Gasteiger partial charge on any atom is 0.0738 e. The van der Waals surface area contributed by atoms with Gasteiger partial charge in [0.15, 0.2) is 0 Å². The van der Waals surface area contributed by atoms with Crippen LogP contribution in [-0.4, -0.2) is 9.78 Å². The Kier molecular flexibility index (Phi) is 4.45. The van der Waals surface area contributed by atoms with E-state index in [1.54, 1.807) is 11.3 Å². The largest absolute Gasteiger partial charge is 0.271 e. The number of halogens is 2. The van der Waals surface area contributed by atoms with Gasteiger partial charge in [0, 0.05) is 18.3 Å². The number of aromatic nitrogens is 2. The van der Waals surface area contributed by atoms with Gasteiger partial charge in [0.05, 0.1) is 26.9 Å². The molecule has 2 rings (SSSR count). The van der Waals surface area contributed by atoms with Crippen LogP contribution in [-0.2, 0) is 13.5 Å². The van der Waals surface area contributed by atoms with Gasteiger partial charge in [-0.05, 0) is 34.3 Å². The van der Waals surface area contributed by atoms with Crippen LogP contribution in [0.15, 0.2) is 15.9 Å². The summed E-state index contributed by atoms with van der Waals surface area (Å²) in [5.74, 6) is 5.64. The minimum atomic E-state index is -0.0106. The first-order valence-electron chi connectivity index (χ1n) is 5.41. The minimum absolute atomic E-state index is 0.0106. The van der Waals surface area contributed by atoms with Crippen molar-refractivity contribution in [2.45, 2.75) is 19.4 Å². The van der Waals surface area contributed by atoms with Crippen LogP contribution in [0.2, 0.25) is 5.02 Å². The molecule has 0 saturated heterocycles. The third-order valence-corrected chi connectivity index (χ3v) is 5.33. The zero-order valence-corrected chi connectivity index (χ0v) is 13.2. The van der Waals surface area contributed by atoms with Gasteiger partial charge in [-0.3, -0.25) is 16.0 Å². The van der Waals surface area contributed by atoms with Gasteiger partial charge in [-0.1, -0.05) is 11.6 Å². The molecule has 0 aliphatic rings. The van der Waals surface area contributed by atoms with E-state index >= 15 is 0 Å². The number of hydrogen-bond donors (Lipinski definition) is 2. The van der Waals surface area contributed by atoms with Crippen molar-refractivity contribution in [2.75, 3.05) is 0 Å². The second-order valence-electron chi connectivity index (χ2n) is 4.03. The van der Waals surface area contributed by atoms with Crippen LogP contribution < -0.4 is 11.3 Å². The first-order chi connectivity index (χ1) is 8.54. The molecule has 0 aliphatic carbocycles. The quantitative estimate of drug-likeness (QED) is 0.659. The summed E-state index contributed by atoms with van der Waals surface area (Å²) in [5, 5.41) is 7.09. The van der Waals surface area contributed by atoms with E-state index in [0.717, 1.165) is 32.2 Å². The van der Waals surface area contributed by atoms with Gasteiger partial charge in [0.25, 0.3) is 0 Å². The predicted octanol–water partition coefficient (Wildman–Crippen LogP) is 2.95. The Morgan fingerprint density at radius 2 is 2.39 bits per heavy atom. The van der Waals surface area contributed by atoms with Crippen molar-refractivity contribution in [1.82, 2.24) is 15.2 Å². The molecule has 2 aromatic heterocycles. The van der Waals surface area contributed by atoms with Crippen molar-refractivity contribution in [1.29, 1.82) is 0 Å². The third kappa shape index (κ3) is 2.62. The van der Waals surface area contributed by atoms with E-state index < -0.39 is 0 Å². The Bertz CT molecular complexity index is 551. The van der Waals surface area contributed by atoms with Gasteiger partial charge in [-0.2, -0.15) is 5.10 Å². The molecule has 2 heterocycles. The molecule has 18 heavy (non-hydrogen) atoms. The summed E-state index contributed by atoms with van der Waals surface area (Å²) in [6.45, 7) is 1.97. The fraction of sp³-hybridized carbons (Fsp3) is 0.364. The number of hydrogen-bond acceptors (Lipinski definition) is 4. The number of hydrazine groups is 1. The Balaban J connectivity index is 2.29. The van der Waals surface area contributed by atoms with E-state index in [4.69, 9.17) is 17.4 Å². The number of nitrogens with two attached hydrogens (primary N) is 1. The predicted molar refractivity (Wildman–Crippen MR) is 78.7 cm³/mol. The Morgan fingerprint density at radius 1 is 1.67 bits per heavy atom. The van der Waals surface area contributed by atoms with Crippen molar-refractivity contribution in [3.05, 3.63) is 37.2 Å². The maximum absolute atomic E-state index is 6.15. The van der Waals surface area contributed by atoms with Gasteiger partial charge in [-0.25, -0.2) is 0 Å². The van der Waals surface area contributed by atoms with E-state index in [1.807, 2.05) is 30.1 Å². The van der Waals surface area contributed by atoms with E-state index in [9.17, 15) is 0 Å². The standard InChI is InChI=1S/C11H14BrClN4S/c1-6-10(12)9(17(2)16-6)5-8(15-14)11-7(13)3-4-18-11/h3-4,8,15H,5,14H2,1-2H3. The van der Waals surface area contributed by atoms with Crippen LogP contribution in [0.4, 0.5) is 0 Å². The maximum atomic E-state index is 6.15. The highest BCUT2D eigenvalue weighted by atomic mass is 79.9. The fourth-order valence-corrected chi connectivity index (χ4v) is 3.62. The van der Waals surface area contributed by atoms with Gasteiger partial charge in [0.1, 0.15) is 0 Å². The second-order valence-corrected chi connectivity index (χ2v) is 6.17. The molecule has 2 aromatic rings. The molecule has 0 amide bonds. The molecule has 0 aliphatic heterocycles. The highest BCUT2D eigenvalue weighted by Crippen LogP contribution is 2.32. The lowest BCUT2D eigenvalue weighted by atomic mass is 10.1. The highest BCUT2D eigenvalue weighted by Gasteiger charge is 2.20. The summed E-state index contributed by atoms with van der Waals surface area (Å²) < 4.78 is 2.89. The average molecular weight is 350 g/mol. The summed E-state index contributed by atoms with van der Waals surface area (Å²) in [6, 6.07) is 1.87. The molecule has 0 radical (unpaired) electrons. The van der Waals surface area contributed by atoms with Crippen molar-refractivity contribution >= 4 is 38.9 Å². The third-order valence-electron chi connectivity index (χ3n) is 2.82. The van der Waals surface area contributed by atoms with Gasteiger partial charge in [0.2, 0.25) is 0 Å². The molecule has 0 fully saturated rings. The highest BCUT2D eigenvalue weighted by molar-refractivity contribution is 9.10. The number of nitrogens with zero attached hydrogens (tertiary/aromatic N) is 2. The number of nitrogens with one attached hydrogen (secondary N) is 1. The number of thiophene rings is 1. The van der Waals surface area contributed by atoms with Crippen molar-refractivity contribution in [3.63, 3.8) is 0 Å². The van der Waals surface area contributed by atoms with Gasteiger partial charge in [-0.15, -0.1) is 11.3 Å². The summed E-state index contributed by atoms with van der Waals surface area (Å²) in [4.78, 5) is 1.05. The lowest BCUT2D eigenvalue weighted by Crippen LogP contribution is -2.29. The lowest BCUT2D eigenvalue weighted by molar-refractivity contribution is 0.536. The van der Waals surface area contributed by atoms with Crippen LogP contribution in [0.5, 0.6) is 0 Å². The van der Waals surface area contributed by atoms with Crippen LogP contribution in [0.3, 0.4) is 0 Å². The molecule has 0 spiro atoms. The topological polar surface area (TPSA) is 55.9 Å². The molecular formula is C11H14BrClN4S. The van der Waals surface area contributed by atoms with E-state index in [1.165, 1.54) is 0 Å². The molecule has 7 heteroatoms. The smallest absolute Gasteiger partial charge is 0.0738 e. The zero-order chi connectivity index (χ0) is 13.3. The first-order valence-corrected chi connectivity index (χ1v) is 7.46. The first kappa shape index (κ1) is 14.0. The Morgan fingerprint density at radius 3 is 2.83 bits per heavy atom. The summed E-state index contributed by atoms with van der Waals surface area (Å²) in [5.41, 5.74) is 4.89. The van der Waals surface area contributed by atoms with Crippen LogP contribution in [0.25, 0.3) is 0 Å². The summed E-state index contributed by atoms with van der Waals surface area (Å²) in [7, 11) is 1.93. The molecule has 0 saturated carbocycles. The van der Waals surface area contributed by atoms with Crippen LogP contribution in [0.1, 0.15) is 22.3 Å².